The lowest BCUT2D eigenvalue weighted by molar-refractivity contribution is -0.126. The zero-order valence-electron chi connectivity index (χ0n) is 11.9. The van der Waals surface area contributed by atoms with E-state index in [1.54, 1.807) is 6.92 Å². The third-order valence-corrected chi connectivity index (χ3v) is 4.08. The quantitative estimate of drug-likeness (QED) is 0.835. The minimum Gasteiger partial charge on any atom is -0.477 e. The van der Waals surface area contributed by atoms with Crippen LogP contribution >= 0.6 is 0 Å². The van der Waals surface area contributed by atoms with Crippen LogP contribution in [0.5, 0.6) is 0 Å². The number of carboxylic acids is 1. The van der Waals surface area contributed by atoms with Crippen LogP contribution in [-0.2, 0) is 16.6 Å². The standard InChI is InChI=1S/C13H17N3O4/c1-7(2)13(3)5-9(17)16(12(13)20)10-8(11(18)19)6-14-15(10)4/h6-7H,5H2,1-4H3,(H,18,19). The number of carboxylic acid groups (broad SMARTS) is 1. The highest BCUT2D eigenvalue weighted by Crippen LogP contribution is 2.41. The molecule has 20 heavy (non-hydrogen) atoms. The van der Waals surface area contributed by atoms with E-state index in [1.165, 1.54) is 11.7 Å². The second-order valence-electron chi connectivity index (χ2n) is 5.59. The van der Waals surface area contributed by atoms with Gasteiger partial charge in [-0.1, -0.05) is 13.8 Å². The highest BCUT2D eigenvalue weighted by Gasteiger charge is 2.52. The van der Waals surface area contributed by atoms with Crippen molar-refractivity contribution < 1.29 is 19.5 Å². The minimum absolute atomic E-state index is 0.0227. The smallest absolute Gasteiger partial charge is 0.341 e. The first-order valence-corrected chi connectivity index (χ1v) is 6.32. The molecule has 0 spiro atoms. The summed E-state index contributed by atoms with van der Waals surface area (Å²) in [6, 6.07) is 0. The minimum atomic E-state index is -1.22. The lowest BCUT2D eigenvalue weighted by Crippen LogP contribution is -2.38. The second kappa shape index (κ2) is 4.43. The Morgan fingerprint density at radius 1 is 1.45 bits per heavy atom. The summed E-state index contributed by atoms with van der Waals surface area (Å²) < 4.78 is 1.24. The van der Waals surface area contributed by atoms with Crippen molar-refractivity contribution in [2.45, 2.75) is 27.2 Å². The molecular formula is C13H17N3O4. The topological polar surface area (TPSA) is 92.5 Å². The van der Waals surface area contributed by atoms with Gasteiger partial charge in [-0.2, -0.15) is 5.10 Å². The van der Waals surface area contributed by atoms with E-state index in [0.29, 0.717) is 0 Å². The zero-order valence-corrected chi connectivity index (χ0v) is 11.9. The summed E-state index contributed by atoms with van der Waals surface area (Å²) in [4.78, 5) is 36.9. The number of rotatable bonds is 3. The van der Waals surface area contributed by atoms with Crippen molar-refractivity contribution in [1.29, 1.82) is 0 Å². The summed E-state index contributed by atoms with van der Waals surface area (Å²) in [6.45, 7) is 5.47. The molecule has 0 aliphatic carbocycles. The molecule has 2 rings (SSSR count). The molecule has 1 fully saturated rings. The Bertz CT molecular complexity index is 605. The van der Waals surface area contributed by atoms with Crippen LogP contribution in [0.1, 0.15) is 37.6 Å². The van der Waals surface area contributed by atoms with Crippen molar-refractivity contribution in [2.24, 2.45) is 18.4 Å². The van der Waals surface area contributed by atoms with Crippen LogP contribution < -0.4 is 4.90 Å². The van der Waals surface area contributed by atoms with E-state index in [4.69, 9.17) is 5.11 Å². The average molecular weight is 279 g/mol. The predicted molar refractivity (Wildman–Crippen MR) is 70.2 cm³/mol. The molecule has 1 N–H and O–H groups in total. The van der Waals surface area contributed by atoms with Gasteiger partial charge in [-0.25, -0.2) is 9.69 Å². The molecule has 7 heteroatoms. The van der Waals surface area contributed by atoms with E-state index >= 15 is 0 Å². The SMILES string of the molecule is CC(C)C1(C)CC(=O)N(c2c(C(=O)O)cnn2C)C1=O. The van der Waals surface area contributed by atoms with Crippen molar-refractivity contribution in [3.63, 3.8) is 0 Å². The molecule has 0 aromatic carbocycles. The third kappa shape index (κ3) is 1.81. The van der Waals surface area contributed by atoms with Crippen LogP contribution in [0.25, 0.3) is 0 Å². The molecule has 1 atom stereocenters. The van der Waals surface area contributed by atoms with Gasteiger partial charge < -0.3 is 5.11 Å². The van der Waals surface area contributed by atoms with Gasteiger partial charge in [0.05, 0.1) is 11.6 Å². The van der Waals surface area contributed by atoms with Crippen LogP contribution in [0.4, 0.5) is 5.82 Å². The molecule has 108 valence electrons. The highest BCUT2D eigenvalue weighted by molar-refractivity contribution is 6.23. The Hall–Kier alpha value is -2.18. The molecule has 0 radical (unpaired) electrons. The van der Waals surface area contributed by atoms with Crippen LogP contribution in [0, 0.1) is 11.3 Å². The number of carbonyl (C=O) groups is 3. The number of carbonyl (C=O) groups excluding carboxylic acids is 2. The maximum atomic E-state index is 12.6. The fourth-order valence-electron chi connectivity index (χ4n) is 2.35. The van der Waals surface area contributed by atoms with Gasteiger partial charge in [-0.15, -0.1) is 0 Å². The average Bonchev–Trinajstić information content (AvgIpc) is 2.80. The van der Waals surface area contributed by atoms with E-state index in [-0.39, 0.29) is 29.6 Å². The van der Waals surface area contributed by atoms with Gasteiger partial charge in [0, 0.05) is 13.5 Å². The van der Waals surface area contributed by atoms with Crippen molar-refractivity contribution in [1.82, 2.24) is 9.78 Å². The summed E-state index contributed by atoms with van der Waals surface area (Å²) in [6.07, 6.45) is 1.22. The summed E-state index contributed by atoms with van der Waals surface area (Å²) in [5, 5.41) is 13.0. The van der Waals surface area contributed by atoms with Crippen LogP contribution in [0.3, 0.4) is 0 Å². The lowest BCUT2D eigenvalue weighted by atomic mass is 9.78. The van der Waals surface area contributed by atoms with Crippen molar-refractivity contribution in [3.8, 4) is 0 Å². The Balaban J connectivity index is 2.55. The summed E-state index contributed by atoms with van der Waals surface area (Å²) in [7, 11) is 1.51. The summed E-state index contributed by atoms with van der Waals surface area (Å²) in [5.74, 6) is -1.98. The first-order chi connectivity index (χ1) is 9.20. The molecule has 1 saturated heterocycles. The van der Waals surface area contributed by atoms with Crippen molar-refractivity contribution in [3.05, 3.63) is 11.8 Å². The highest BCUT2D eigenvalue weighted by atomic mass is 16.4. The monoisotopic (exact) mass is 279 g/mol. The molecule has 2 amide bonds. The number of imide groups is 1. The Morgan fingerprint density at radius 3 is 2.50 bits per heavy atom. The molecule has 2 heterocycles. The number of aromatic nitrogens is 2. The number of aryl methyl sites for hydroxylation is 1. The van der Waals surface area contributed by atoms with Crippen molar-refractivity contribution in [2.75, 3.05) is 4.90 Å². The molecular weight excluding hydrogens is 262 g/mol. The largest absolute Gasteiger partial charge is 0.477 e. The number of hydrogen-bond acceptors (Lipinski definition) is 4. The molecule has 1 aliphatic rings. The normalized spacial score (nSPS) is 22.9. The van der Waals surface area contributed by atoms with Gasteiger partial charge in [0.2, 0.25) is 11.8 Å². The fourth-order valence-corrected chi connectivity index (χ4v) is 2.35. The summed E-state index contributed by atoms with van der Waals surface area (Å²) >= 11 is 0. The van der Waals surface area contributed by atoms with Gasteiger partial charge >= 0.3 is 5.97 Å². The van der Waals surface area contributed by atoms with Crippen molar-refractivity contribution >= 4 is 23.6 Å². The summed E-state index contributed by atoms with van der Waals surface area (Å²) in [5.41, 5.74) is -0.959. The molecule has 7 nitrogen and oxygen atoms in total. The van der Waals surface area contributed by atoms with Gasteiger partial charge in [0.1, 0.15) is 5.56 Å². The maximum Gasteiger partial charge on any atom is 0.341 e. The molecule has 1 aromatic heterocycles. The molecule has 0 bridgehead atoms. The maximum absolute atomic E-state index is 12.6. The lowest BCUT2D eigenvalue weighted by Gasteiger charge is -2.26. The molecule has 1 aliphatic heterocycles. The molecule has 1 aromatic rings. The van der Waals surface area contributed by atoms with Gasteiger partial charge in [-0.05, 0) is 12.8 Å². The van der Waals surface area contributed by atoms with E-state index in [9.17, 15) is 14.4 Å². The first-order valence-electron chi connectivity index (χ1n) is 6.32. The number of anilines is 1. The Morgan fingerprint density at radius 2 is 2.05 bits per heavy atom. The third-order valence-electron chi connectivity index (χ3n) is 4.08. The van der Waals surface area contributed by atoms with E-state index in [1.807, 2.05) is 13.8 Å². The van der Waals surface area contributed by atoms with E-state index in [2.05, 4.69) is 5.10 Å². The predicted octanol–water partition coefficient (Wildman–Crippen LogP) is 1.04. The second-order valence-corrected chi connectivity index (χ2v) is 5.59. The number of amides is 2. The first kappa shape index (κ1) is 14.2. The van der Waals surface area contributed by atoms with Crippen LogP contribution in [0.2, 0.25) is 0 Å². The number of hydrogen-bond donors (Lipinski definition) is 1. The Labute approximate surface area is 116 Å². The van der Waals surface area contributed by atoms with Crippen LogP contribution in [-0.4, -0.2) is 32.7 Å². The molecule has 0 saturated carbocycles. The van der Waals surface area contributed by atoms with E-state index < -0.39 is 17.3 Å². The fraction of sp³-hybridized carbons (Fsp3) is 0.538. The Kier molecular flexibility index (Phi) is 3.15. The van der Waals surface area contributed by atoms with Gasteiger partial charge in [0.25, 0.3) is 0 Å². The van der Waals surface area contributed by atoms with Crippen LogP contribution in [0.15, 0.2) is 6.20 Å². The molecule has 1 unspecified atom stereocenters. The van der Waals surface area contributed by atoms with Gasteiger partial charge in [0.15, 0.2) is 5.82 Å². The number of aromatic carboxylic acids is 1. The van der Waals surface area contributed by atoms with E-state index in [0.717, 1.165) is 11.1 Å². The van der Waals surface area contributed by atoms with Gasteiger partial charge in [-0.3, -0.25) is 14.3 Å². The zero-order chi connectivity index (χ0) is 15.2. The number of nitrogens with zero attached hydrogens (tertiary/aromatic N) is 3.